The zero-order valence-corrected chi connectivity index (χ0v) is 8.00. The fourth-order valence-electron chi connectivity index (χ4n) is 1.16. The van der Waals surface area contributed by atoms with Gasteiger partial charge in [-0.2, -0.15) is 5.26 Å². The number of aromatic hydroxyl groups is 1. The number of nitrogens with two attached hydrogens (primary N) is 1. The predicted molar refractivity (Wildman–Crippen MR) is 51.1 cm³/mol. The molecule has 0 heterocycles. The van der Waals surface area contributed by atoms with E-state index in [1.54, 1.807) is 13.8 Å². The summed E-state index contributed by atoms with van der Waals surface area (Å²) < 4.78 is 13.1. The van der Waals surface area contributed by atoms with E-state index in [2.05, 4.69) is 0 Å². The van der Waals surface area contributed by atoms with Crippen LogP contribution in [0.4, 0.5) is 10.1 Å². The standard InChI is InChI=1S/C10H11FN2O/c1-10(2,5-12)7-3-6(13)4-8(11)9(7)14/h3-4,14H,13H2,1-2H3. The highest BCUT2D eigenvalue weighted by atomic mass is 19.1. The molecule has 0 spiro atoms. The van der Waals surface area contributed by atoms with Gasteiger partial charge in [0.2, 0.25) is 0 Å². The Morgan fingerprint density at radius 3 is 2.57 bits per heavy atom. The fourth-order valence-corrected chi connectivity index (χ4v) is 1.16. The van der Waals surface area contributed by atoms with E-state index < -0.39 is 17.0 Å². The zero-order chi connectivity index (χ0) is 10.9. The zero-order valence-electron chi connectivity index (χ0n) is 8.00. The van der Waals surface area contributed by atoms with Crippen molar-refractivity contribution < 1.29 is 9.50 Å². The fraction of sp³-hybridized carbons (Fsp3) is 0.300. The van der Waals surface area contributed by atoms with Crippen LogP contribution in [0.15, 0.2) is 12.1 Å². The first-order chi connectivity index (χ1) is 6.38. The SMILES string of the molecule is CC(C)(C#N)c1cc(N)cc(F)c1O. The van der Waals surface area contributed by atoms with Gasteiger partial charge in [-0.25, -0.2) is 4.39 Å². The van der Waals surface area contributed by atoms with Crippen LogP contribution >= 0.6 is 0 Å². The molecule has 0 saturated carbocycles. The van der Waals surface area contributed by atoms with Crippen molar-refractivity contribution in [3.05, 3.63) is 23.5 Å². The number of phenols is 1. The van der Waals surface area contributed by atoms with E-state index >= 15 is 0 Å². The molecule has 0 bridgehead atoms. The number of nitrogen functional groups attached to an aromatic ring is 1. The number of benzene rings is 1. The number of hydrogen-bond acceptors (Lipinski definition) is 3. The summed E-state index contributed by atoms with van der Waals surface area (Å²) in [5.74, 6) is -1.31. The van der Waals surface area contributed by atoms with E-state index in [1.165, 1.54) is 6.07 Å². The Kier molecular flexibility index (Phi) is 2.35. The van der Waals surface area contributed by atoms with Gasteiger partial charge in [-0.15, -0.1) is 0 Å². The van der Waals surface area contributed by atoms with Crippen molar-refractivity contribution in [1.82, 2.24) is 0 Å². The number of halogens is 1. The second-order valence-electron chi connectivity index (χ2n) is 3.64. The van der Waals surface area contributed by atoms with Crippen LogP contribution in [0.2, 0.25) is 0 Å². The molecular weight excluding hydrogens is 183 g/mol. The third-order valence-corrected chi connectivity index (χ3v) is 2.04. The van der Waals surface area contributed by atoms with Gasteiger partial charge in [0.05, 0.1) is 11.5 Å². The number of nitrogens with zero attached hydrogens (tertiary/aromatic N) is 1. The molecule has 1 rings (SSSR count). The topological polar surface area (TPSA) is 70.0 Å². The summed E-state index contributed by atoms with van der Waals surface area (Å²) in [5, 5.41) is 18.2. The highest BCUT2D eigenvalue weighted by Crippen LogP contribution is 2.34. The lowest BCUT2D eigenvalue weighted by Gasteiger charge is -2.18. The molecule has 0 radical (unpaired) electrons. The highest BCUT2D eigenvalue weighted by molar-refractivity contribution is 5.52. The summed E-state index contributed by atoms with van der Waals surface area (Å²) in [4.78, 5) is 0. The van der Waals surface area contributed by atoms with Crippen molar-refractivity contribution in [3.63, 3.8) is 0 Å². The molecule has 0 amide bonds. The maximum Gasteiger partial charge on any atom is 0.167 e. The first-order valence-electron chi connectivity index (χ1n) is 4.08. The van der Waals surface area contributed by atoms with Crippen molar-refractivity contribution in [2.75, 3.05) is 5.73 Å². The van der Waals surface area contributed by atoms with E-state index in [9.17, 15) is 9.50 Å². The lowest BCUT2D eigenvalue weighted by atomic mass is 9.85. The van der Waals surface area contributed by atoms with E-state index in [-0.39, 0.29) is 11.3 Å². The van der Waals surface area contributed by atoms with Crippen LogP contribution in [0, 0.1) is 17.1 Å². The van der Waals surface area contributed by atoms with Crippen LogP contribution in [0.3, 0.4) is 0 Å². The monoisotopic (exact) mass is 194 g/mol. The molecule has 3 nitrogen and oxygen atoms in total. The lowest BCUT2D eigenvalue weighted by Crippen LogP contribution is -2.15. The number of rotatable bonds is 1. The summed E-state index contributed by atoms with van der Waals surface area (Å²) in [6.07, 6.45) is 0. The Labute approximate surface area is 81.6 Å². The van der Waals surface area contributed by atoms with Gasteiger partial charge in [0.15, 0.2) is 11.6 Å². The summed E-state index contributed by atoms with van der Waals surface area (Å²) >= 11 is 0. The third kappa shape index (κ3) is 1.62. The van der Waals surface area contributed by atoms with Crippen LogP contribution in [0.1, 0.15) is 19.4 Å². The predicted octanol–water partition coefficient (Wildman–Crippen LogP) is 1.91. The quantitative estimate of drug-likeness (QED) is 0.530. The van der Waals surface area contributed by atoms with Crippen molar-refractivity contribution in [2.45, 2.75) is 19.3 Å². The minimum Gasteiger partial charge on any atom is -0.505 e. The molecule has 4 heteroatoms. The number of anilines is 1. The molecule has 0 fully saturated rings. The number of hydrogen-bond donors (Lipinski definition) is 2. The average Bonchev–Trinajstić information content (AvgIpc) is 2.11. The summed E-state index contributed by atoms with van der Waals surface area (Å²) in [7, 11) is 0. The molecule has 0 saturated heterocycles. The largest absolute Gasteiger partial charge is 0.505 e. The van der Waals surface area contributed by atoms with Gasteiger partial charge < -0.3 is 10.8 Å². The Bertz CT molecular complexity index is 407. The Morgan fingerprint density at radius 2 is 2.07 bits per heavy atom. The molecule has 0 aliphatic rings. The molecule has 0 atom stereocenters. The third-order valence-electron chi connectivity index (χ3n) is 2.04. The van der Waals surface area contributed by atoms with Crippen molar-refractivity contribution in [1.29, 1.82) is 5.26 Å². The number of phenolic OH excluding ortho intramolecular Hbond substituents is 1. The van der Waals surface area contributed by atoms with Crippen molar-refractivity contribution in [3.8, 4) is 11.8 Å². The van der Waals surface area contributed by atoms with E-state index in [1.807, 2.05) is 6.07 Å². The maximum absolute atomic E-state index is 13.1. The van der Waals surface area contributed by atoms with Crippen LogP contribution in [0.25, 0.3) is 0 Å². The van der Waals surface area contributed by atoms with Gasteiger partial charge >= 0.3 is 0 Å². The molecule has 1 aromatic rings. The van der Waals surface area contributed by atoms with E-state index in [4.69, 9.17) is 11.0 Å². The highest BCUT2D eigenvalue weighted by Gasteiger charge is 2.25. The molecule has 0 aliphatic carbocycles. The van der Waals surface area contributed by atoms with Gasteiger partial charge in [0.1, 0.15) is 0 Å². The van der Waals surface area contributed by atoms with Gasteiger partial charge in [-0.3, -0.25) is 0 Å². The molecular formula is C10H11FN2O. The van der Waals surface area contributed by atoms with Gasteiger partial charge in [-0.1, -0.05) is 0 Å². The molecule has 1 aromatic carbocycles. The molecule has 14 heavy (non-hydrogen) atoms. The molecule has 3 N–H and O–H groups in total. The minimum atomic E-state index is -0.958. The maximum atomic E-state index is 13.1. The van der Waals surface area contributed by atoms with Gasteiger partial charge in [-0.05, 0) is 19.9 Å². The second-order valence-corrected chi connectivity index (χ2v) is 3.64. The van der Waals surface area contributed by atoms with E-state index in [0.717, 1.165) is 6.07 Å². The summed E-state index contributed by atoms with van der Waals surface area (Å²) in [6, 6.07) is 4.40. The lowest BCUT2D eigenvalue weighted by molar-refractivity contribution is 0.417. The summed E-state index contributed by atoms with van der Waals surface area (Å²) in [6.45, 7) is 3.17. The second kappa shape index (κ2) is 3.18. The molecule has 0 aliphatic heterocycles. The van der Waals surface area contributed by atoms with Crippen molar-refractivity contribution >= 4 is 5.69 Å². The molecule has 0 unspecified atom stereocenters. The Morgan fingerprint density at radius 1 is 1.50 bits per heavy atom. The van der Waals surface area contributed by atoms with Gasteiger partial charge in [0, 0.05) is 17.3 Å². The van der Waals surface area contributed by atoms with Crippen molar-refractivity contribution in [2.24, 2.45) is 0 Å². The molecule has 74 valence electrons. The normalized spacial score (nSPS) is 11.0. The number of nitriles is 1. The van der Waals surface area contributed by atoms with Crippen LogP contribution in [-0.2, 0) is 5.41 Å². The van der Waals surface area contributed by atoms with Crippen LogP contribution in [0.5, 0.6) is 5.75 Å². The first kappa shape index (κ1) is 10.3. The average molecular weight is 194 g/mol. The minimum absolute atomic E-state index is 0.193. The Hall–Kier alpha value is -1.76. The summed E-state index contributed by atoms with van der Waals surface area (Å²) in [5.41, 5.74) is 4.86. The van der Waals surface area contributed by atoms with Crippen LogP contribution < -0.4 is 5.73 Å². The molecule has 0 aromatic heterocycles. The van der Waals surface area contributed by atoms with Gasteiger partial charge in [0.25, 0.3) is 0 Å². The first-order valence-corrected chi connectivity index (χ1v) is 4.08. The Balaban J connectivity index is 3.44. The smallest absolute Gasteiger partial charge is 0.167 e. The van der Waals surface area contributed by atoms with E-state index in [0.29, 0.717) is 0 Å². The van der Waals surface area contributed by atoms with Crippen LogP contribution in [-0.4, -0.2) is 5.11 Å².